The van der Waals surface area contributed by atoms with E-state index in [9.17, 15) is 35.9 Å². The third-order valence-corrected chi connectivity index (χ3v) is 7.49. The van der Waals surface area contributed by atoms with Gasteiger partial charge in [0.1, 0.15) is 0 Å². The molecule has 0 saturated carbocycles. The molecule has 2 fully saturated rings. The van der Waals surface area contributed by atoms with Gasteiger partial charge in [-0.05, 0) is 48.6 Å². The van der Waals surface area contributed by atoms with Gasteiger partial charge in [-0.15, -0.1) is 0 Å². The predicted molar refractivity (Wildman–Crippen MR) is 130 cm³/mol. The second-order valence-corrected chi connectivity index (χ2v) is 10.1. The van der Waals surface area contributed by atoms with E-state index in [0.717, 1.165) is 5.56 Å². The number of ether oxygens (including phenoxy) is 1. The van der Waals surface area contributed by atoms with Crippen LogP contribution in [0.2, 0.25) is 0 Å². The molecule has 2 heterocycles. The lowest BCUT2D eigenvalue weighted by Gasteiger charge is -2.41. The molecule has 11 heteroatoms. The van der Waals surface area contributed by atoms with Crippen LogP contribution >= 0.6 is 0 Å². The molecule has 2 aromatic carbocycles. The minimum Gasteiger partial charge on any atom is -0.373 e. The van der Waals surface area contributed by atoms with E-state index in [2.05, 4.69) is 0 Å². The Hall–Kier alpha value is -3.08. The summed E-state index contributed by atoms with van der Waals surface area (Å²) < 4.78 is 85.7. The summed E-state index contributed by atoms with van der Waals surface area (Å²) in [5.74, 6) is -0.550. The summed E-state index contributed by atoms with van der Waals surface area (Å²) in [6.45, 7) is 2.78. The first kappa shape index (κ1) is 28.9. The Labute approximate surface area is 222 Å². The Balaban J connectivity index is 1.49. The Kier molecular flexibility index (Phi) is 8.58. The van der Waals surface area contributed by atoms with Gasteiger partial charge in [0.05, 0.1) is 23.8 Å². The first-order valence-corrected chi connectivity index (χ1v) is 12.8. The number of carbonyl (C=O) groups is 2. The summed E-state index contributed by atoms with van der Waals surface area (Å²) in [5, 5.41) is 0. The van der Waals surface area contributed by atoms with E-state index in [4.69, 9.17) is 4.74 Å². The van der Waals surface area contributed by atoms with Gasteiger partial charge >= 0.3 is 12.4 Å². The van der Waals surface area contributed by atoms with Gasteiger partial charge in [0, 0.05) is 44.9 Å². The minimum atomic E-state index is -4.94. The minimum absolute atomic E-state index is 0.00900. The highest BCUT2D eigenvalue weighted by Gasteiger charge is 2.39. The fourth-order valence-corrected chi connectivity index (χ4v) is 5.36. The Bertz CT molecular complexity index is 1130. The summed E-state index contributed by atoms with van der Waals surface area (Å²) >= 11 is 0. The average molecular weight is 557 g/mol. The zero-order chi connectivity index (χ0) is 28.4. The number of alkyl halides is 6. The van der Waals surface area contributed by atoms with Crippen LogP contribution in [0.1, 0.15) is 54.4 Å². The van der Waals surface area contributed by atoms with Crippen LogP contribution in [0.25, 0.3) is 0 Å². The maximum Gasteiger partial charge on any atom is 0.416 e. The summed E-state index contributed by atoms with van der Waals surface area (Å²) in [4.78, 5) is 28.4. The summed E-state index contributed by atoms with van der Waals surface area (Å²) in [7, 11) is 0. The van der Waals surface area contributed by atoms with Crippen molar-refractivity contribution >= 4 is 11.8 Å². The highest BCUT2D eigenvalue weighted by Crippen LogP contribution is 2.37. The number of hydrogen-bond donors (Lipinski definition) is 0. The van der Waals surface area contributed by atoms with E-state index in [1.807, 2.05) is 30.3 Å². The van der Waals surface area contributed by atoms with Crippen LogP contribution in [0, 0.1) is 5.92 Å². The van der Waals surface area contributed by atoms with Crippen molar-refractivity contribution in [3.8, 4) is 0 Å². The van der Waals surface area contributed by atoms with E-state index < -0.39 is 36.2 Å². The number of halogens is 6. The largest absolute Gasteiger partial charge is 0.416 e. The van der Waals surface area contributed by atoms with Gasteiger partial charge in [-0.1, -0.05) is 30.3 Å². The Morgan fingerprint density at radius 1 is 0.846 bits per heavy atom. The molecule has 2 saturated heterocycles. The molecule has 2 unspecified atom stereocenters. The Morgan fingerprint density at radius 3 is 1.95 bits per heavy atom. The van der Waals surface area contributed by atoms with Crippen molar-refractivity contribution < 1.29 is 40.7 Å². The molecule has 0 spiro atoms. The molecule has 2 aliphatic rings. The van der Waals surface area contributed by atoms with Gasteiger partial charge in [-0.25, -0.2) is 0 Å². The van der Waals surface area contributed by atoms with Crippen LogP contribution in [0.15, 0.2) is 48.5 Å². The van der Waals surface area contributed by atoms with Crippen molar-refractivity contribution in [2.24, 2.45) is 5.92 Å². The number of benzene rings is 2. The molecular weight excluding hydrogens is 526 g/mol. The van der Waals surface area contributed by atoms with E-state index in [1.165, 1.54) is 6.92 Å². The molecule has 0 aromatic heterocycles. The lowest BCUT2D eigenvalue weighted by Crippen LogP contribution is -2.49. The third-order valence-electron chi connectivity index (χ3n) is 7.49. The molecule has 2 aliphatic heterocycles. The monoisotopic (exact) mass is 556 g/mol. The van der Waals surface area contributed by atoms with Gasteiger partial charge < -0.3 is 14.5 Å². The SMILES string of the molecule is CC(=O)N1CCC(C(=O)N2CCC(OCc3cc(C(F)(F)F)cc(C(F)(F)F)c3)C(c3ccccc3)C2)CC1. The molecule has 212 valence electrons. The number of amides is 2. The van der Waals surface area contributed by atoms with Crippen molar-refractivity contribution in [1.29, 1.82) is 0 Å². The average Bonchev–Trinajstić information content (AvgIpc) is 2.91. The smallest absolute Gasteiger partial charge is 0.373 e. The van der Waals surface area contributed by atoms with Gasteiger partial charge in [0.15, 0.2) is 0 Å². The quantitative estimate of drug-likeness (QED) is 0.432. The van der Waals surface area contributed by atoms with E-state index in [0.29, 0.717) is 57.6 Å². The van der Waals surface area contributed by atoms with Crippen LogP contribution in [0.4, 0.5) is 26.3 Å². The molecule has 0 N–H and O–H groups in total. The molecule has 0 bridgehead atoms. The van der Waals surface area contributed by atoms with Crippen molar-refractivity contribution in [2.75, 3.05) is 26.2 Å². The van der Waals surface area contributed by atoms with Crippen LogP contribution in [0.3, 0.4) is 0 Å². The zero-order valence-corrected chi connectivity index (χ0v) is 21.4. The van der Waals surface area contributed by atoms with Gasteiger partial charge in [0.2, 0.25) is 11.8 Å². The first-order chi connectivity index (χ1) is 18.3. The van der Waals surface area contributed by atoms with Crippen molar-refractivity contribution in [3.05, 3.63) is 70.8 Å². The highest BCUT2D eigenvalue weighted by atomic mass is 19.4. The number of hydrogen-bond acceptors (Lipinski definition) is 3. The predicted octanol–water partition coefficient (Wildman–Crippen LogP) is 5.88. The molecule has 2 atom stereocenters. The van der Waals surface area contributed by atoms with E-state index in [1.54, 1.807) is 9.80 Å². The van der Waals surface area contributed by atoms with Gasteiger partial charge in [-0.3, -0.25) is 9.59 Å². The highest BCUT2D eigenvalue weighted by molar-refractivity contribution is 5.80. The lowest BCUT2D eigenvalue weighted by molar-refractivity contribution is -0.143. The van der Waals surface area contributed by atoms with E-state index in [-0.39, 0.29) is 35.3 Å². The number of nitrogens with zero attached hydrogens (tertiary/aromatic N) is 2. The topological polar surface area (TPSA) is 49.9 Å². The molecule has 0 radical (unpaired) electrons. The molecule has 4 rings (SSSR count). The van der Waals surface area contributed by atoms with Crippen molar-refractivity contribution in [1.82, 2.24) is 9.80 Å². The number of rotatable bonds is 5. The van der Waals surface area contributed by atoms with Crippen molar-refractivity contribution in [2.45, 2.75) is 57.2 Å². The second-order valence-electron chi connectivity index (χ2n) is 10.1. The molecule has 2 aromatic rings. The summed E-state index contributed by atoms with van der Waals surface area (Å²) in [6.07, 6.45) is -8.86. The summed E-state index contributed by atoms with van der Waals surface area (Å²) in [6, 6.07) is 10.7. The fraction of sp³-hybridized carbons (Fsp3) is 0.500. The normalized spacial score (nSPS) is 21.2. The Morgan fingerprint density at radius 2 is 1.41 bits per heavy atom. The van der Waals surface area contributed by atoms with Crippen molar-refractivity contribution in [3.63, 3.8) is 0 Å². The molecule has 39 heavy (non-hydrogen) atoms. The van der Waals surface area contributed by atoms with E-state index >= 15 is 0 Å². The molecule has 2 amide bonds. The number of likely N-dealkylation sites (tertiary alicyclic amines) is 2. The zero-order valence-electron chi connectivity index (χ0n) is 21.4. The van der Waals surface area contributed by atoms with Gasteiger partial charge in [-0.2, -0.15) is 26.3 Å². The standard InChI is InChI=1S/C28H30F6N2O3/c1-18(37)35-10-7-21(8-11-35)26(38)36-12-9-25(24(16-36)20-5-3-2-4-6-20)39-17-19-13-22(27(29,30)31)15-23(14-19)28(32,33)34/h2-6,13-15,21,24-25H,7-12,16-17H2,1H3. The third kappa shape index (κ3) is 7.12. The summed E-state index contributed by atoms with van der Waals surface area (Å²) in [5.41, 5.74) is -2.12. The molecule has 0 aliphatic carbocycles. The maximum absolute atomic E-state index is 13.3. The van der Waals surface area contributed by atoms with Gasteiger partial charge in [0.25, 0.3) is 0 Å². The second kappa shape index (κ2) is 11.6. The molecule has 5 nitrogen and oxygen atoms in total. The maximum atomic E-state index is 13.3. The number of piperidine rings is 2. The van der Waals surface area contributed by atoms with Crippen LogP contribution in [0.5, 0.6) is 0 Å². The van der Waals surface area contributed by atoms with Crippen LogP contribution in [-0.4, -0.2) is 53.9 Å². The molecular formula is C28H30F6N2O3. The van der Waals surface area contributed by atoms with Crippen LogP contribution < -0.4 is 0 Å². The fourth-order valence-electron chi connectivity index (χ4n) is 5.36. The van der Waals surface area contributed by atoms with Crippen LogP contribution in [-0.2, 0) is 33.3 Å². The lowest BCUT2D eigenvalue weighted by atomic mass is 9.86. The first-order valence-electron chi connectivity index (χ1n) is 12.8. The number of carbonyl (C=O) groups excluding carboxylic acids is 2.